The van der Waals surface area contributed by atoms with Gasteiger partial charge in [-0.3, -0.25) is 0 Å². The maximum Gasteiger partial charge on any atom is 0.416 e. The van der Waals surface area contributed by atoms with Gasteiger partial charge in [0.25, 0.3) is 0 Å². The third-order valence-corrected chi connectivity index (χ3v) is 3.20. The van der Waals surface area contributed by atoms with E-state index >= 15 is 0 Å². The summed E-state index contributed by atoms with van der Waals surface area (Å²) in [6, 6.07) is 8.75. The van der Waals surface area contributed by atoms with Crippen molar-refractivity contribution < 1.29 is 27.8 Å². The summed E-state index contributed by atoms with van der Waals surface area (Å²) in [6.45, 7) is -0.377. The second kappa shape index (κ2) is 6.27. The molecule has 0 fully saturated rings. The Kier molecular flexibility index (Phi) is 4.61. The molecule has 0 amide bonds. The molecule has 0 saturated carbocycles. The van der Waals surface area contributed by atoms with Gasteiger partial charge in [0.2, 0.25) is 0 Å². The number of benzene rings is 2. The van der Waals surface area contributed by atoms with E-state index in [2.05, 4.69) is 0 Å². The standard InChI is InChI=1S/C15H10ClF3O3/c16-12-6-5-9(14(20)21)7-13(12)22-8-10-3-1-2-4-11(10)15(17,18)19/h1-7H,8H2,(H,20,21). The van der Waals surface area contributed by atoms with Gasteiger partial charge in [0.1, 0.15) is 12.4 Å². The van der Waals surface area contributed by atoms with Gasteiger partial charge in [0.15, 0.2) is 0 Å². The molecule has 2 rings (SSSR count). The maximum atomic E-state index is 12.9. The fourth-order valence-corrected chi connectivity index (χ4v) is 2.00. The summed E-state index contributed by atoms with van der Waals surface area (Å²) in [7, 11) is 0. The molecule has 0 bridgehead atoms. The van der Waals surface area contributed by atoms with Gasteiger partial charge >= 0.3 is 12.1 Å². The number of ether oxygens (including phenoxy) is 1. The highest BCUT2D eigenvalue weighted by atomic mass is 35.5. The first kappa shape index (κ1) is 16.2. The summed E-state index contributed by atoms with van der Waals surface area (Å²) in [5.74, 6) is -1.17. The first-order valence-electron chi connectivity index (χ1n) is 6.10. The molecule has 0 heterocycles. The average molecular weight is 331 g/mol. The van der Waals surface area contributed by atoms with Gasteiger partial charge in [-0.05, 0) is 24.3 Å². The molecule has 0 unspecified atom stereocenters. The Hall–Kier alpha value is -2.21. The van der Waals surface area contributed by atoms with E-state index in [0.717, 1.165) is 6.07 Å². The average Bonchev–Trinajstić information content (AvgIpc) is 2.45. The quantitative estimate of drug-likeness (QED) is 0.888. The SMILES string of the molecule is O=C(O)c1ccc(Cl)c(OCc2ccccc2C(F)(F)F)c1. The van der Waals surface area contributed by atoms with Gasteiger partial charge in [-0.25, -0.2) is 4.79 Å². The Morgan fingerprint density at radius 2 is 1.86 bits per heavy atom. The van der Waals surface area contributed by atoms with E-state index in [0.29, 0.717) is 0 Å². The third-order valence-electron chi connectivity index (χ3n) is 2.88. The van der Waals surface area contributed by atoms with Crippen LogP contribution in [0.15, 0.2) is 42.5 Å². The van der Waals surface area contributed by atoms with Crippen molar-refractivity contribution in [1.29, 1.82) is 0 Å². The number of halogens is 4. The highest BCUT2D eigenvalue weighted by Gasteiger charge is 2.33. The predicted octanol–water partition coefficient (Wildman–Crippen LogP) is 4.64. The number of aromatic carboxylic acids is 1. The summed E-state index contributed by atoms with van der Waals surface area (Å²) in [5, 5.41) is 9.01. The number of hydrogen-bond acceptors (Lipinski definition) is 2. The maximum absolute atomic E-state index is 12.9. The van der Waals surface area contributed by atoms with Crippen molar-refractivity contribution in [2.24, 2.45) is 0 Å². The fraction of sp³-hybridized carbons (Fsp3) is 0.133. The van der Waals surface area contributed by atoms with E-state index in [9.17, 15) is 18.0 Å². The van der Waals surface area contributed by atoms with Crippen molar-refractivity contribution in [3.8, 4) is 5.75 Å². The molecule has 1 N–H and O–H groups in total. The minimum Gasteiger partial charge on any atom is -0.487 e. The summed E-state index contributed by atoms with van der Waals surface area (Å²) >= 11 is 5.86. The number of rotatable bonds is 4. The summed E-state index contributed by atoms with van der Waals surface area (Å²) in [4.78, 5) is 10.9. The number of hydrogen-bond donors (Lipinski definition) is 1. The molecule has 2 aromatic rings. The highest BCUT2D eigenvalue weighted by molar-refractivity contribution is 6.32. The van der Waals surface area contributed by atoms with Gasteiger partial charge in [-0.2, -0.15) is 13.2 Å². The molecule has 0 aromatic heterocycles. The predicted molar refractivity (Wildman–Crippen MR) is 74.2 cm³/mol. The van der Waals surface area contributed by atoms with E-state index in [-0.39, 0.29) is 28.5 Å². The van der Waals surface area contributed by atoms with Crippen LogP contribution in [0.1, 0.15) is 21.5 Å². The molecule has 7 heteroatoms. The Balaban J connectivity index is 2.24. The number of carboxylic acid groups (broad SMARTS) is 1. The monoisotopic (exact) mass is 330 g/mol. The van der Waals surface area contributed by atoms with E-state index < -0.39 is 17.7 Å². The normalized spacial score (nSPS) is 11.3. The zero-order valence-electron chi connectivity index (χ0n) is 11.0. The van der Waals surface area contributed by atoms with Crippen molar-refractivity contribution in [1.82, 2.24) is 0 Å². The zero-order valence-corrected chi connectivity index (χ0v) is 11.8. The Morgan fingerprint density at radius 1 is 1.18 bits per heavy atom. The Labute approximate surface area is 128 Å². The lowest BCUT2D eigenvalue weighted by molar-refractivity contribution is -0.138. The van der Waals surface area contributed by atoms with Gasteiger partial charge in [0, 0.05) is 5.56 Å². The molecule has 0 aliphatic heterocycles. The lowest BCUT2D eigenvalue weighted by atomic mass is 10.1. The largest absolute Gasteiger partial charge is 0.487 e. The topological polar surface area (TPSA) is 46.5 Å². The molecule has 0 saturated heterocycles. The minimum absolute atomic E-state index is 0.0125. The van der Waals surface area contributed by atoms with Crippen molar-refractivity contribution in [2.75, 3.05) is 0 Å². The smallest absolute Gasteiger partial charge is 0.416 e. The number of alkyl halides is 3. The van der Waals surface area contributed by atoms with Crippen molar-refractivity contribution in [3.63, 3.8) is 0 Å². The van der Waals surface area contributed by atoms with E-state index in [1.165, 1.54) is 36.4 Å². The second-order valence-electron chi connectivity index (χ2n) is 4.39. The molecule has 0 atom stereocenters. The molecular formula is C15H10ClF3O3. The second-order valence-corrected chi connectivity index (χ2v) is 4.80. The third kappa shape index (κ3) is 3.71. The van der Waals surface area contributed by atoms with Crippen LogP contribution in [0.5, 0.6) is 5.75 Å². The molecule has 0 spiro atoms. The summed E-state index contributed by atoms with van der Waals surface area (Å²) < 4.78 is 43.8. The first-order chi connectivity index (χ1) is 10.3. The van der Waals surface area contributed by atoms with Crippen LogP contribution >= 0.6 is 11.6 Å². The molecular weight excluding hydrogens is 321 g/mol. The van der Waals surface area contributed by atoms with Crippen LogP contribution in [0.4, 0.5) is 13.2 Å². The highest BCUT2D eigenvalue weighted by Crippen LogP contribution is 2.33. The number of carboxylic acids is 1. The van der Waals surface area contributed by atoms with Crippen molar-refractivity contribution in [3.05, 3.63) is 64.2 Å². The van der Waals surface area contributed by atoms with E-state index in [1.54, 1.807) is 0 Å². The molecule has 0 aliphatic carbocycles. The van der Waals surface area contributed by atoms with Crippen LogP contribution in [0, 0.1) is 0 Å². The van der Waals surface area contributed by atoms with Gasteiger partial charge in [-0.1, -0.05) is 29.8 Å². The molecule has 22 heavy (non-hydrogen) atoms. The van der Waals surface area contributed by atoms with Gasteiger partial charge < -0.3 is 9.84 Å². The summed E-state index contributed by atoms with van der Waals surface area (Å²) in [5.41, 5.74) is -0.934. The summed E-state index contributed by atoms with van der Waals surface area (Å²) in [6.07, 6.45) is -4.49. The Bertz CT molecular complexity index is 699. The lowest BCUT2D eigenvalue weighted by Crippen LogP contribution is -2.11. The molecule has 116 valence electrons. The molecule has 0 aliphatic rings. The van der Waals surface area contributed by atoms with Crippen molar-refractivity contribution >= 4 is 17.6 Å². The van der Waals surface area contributed by atoms with Gasteiger partial charge in [0.05, 0.1) is 16.1 Å². The lowest BCUT2D eigenvalue weighted by Gasteiger charge is -2.14. The van der Waals surface area contributed by atoms with Crippen LogP contribution in [-0.2, 0) is 12.8 Å². The van der Waals surface area contributed by atoms with Crippen LogP contribution in [0.3, 0.4) is 0 Å². The fourth-order valence-electron chi connectivity index (χ4n) is 1.83. The van der Waals surface area contributed by atoms with E-state index in [4.69, 9.17) is 21.4 Å². The van der Waals surface area contributed by atoms with Crippen LogP contribution in [0.25, 0.3) is 0 Å². The van der Waals surface area contributed by atoms with Crippen LogP contribution in [0.2, 0.25) is 5.02 Å². The van der Waals surface area contributed by atoms with Gasteiger partial charge in [-0.15, -0.1) is 0 Å². The molecule has 0 radical (unpaired) electrons. The number of carbonyl (C=O) groups is 1. The Morgan fingerprint density at radius 3 is 2.50 bits per heavy atom. The van der Waals surface area contributed by atoms with Crippen molar-refractivity contribution in [2.45, 2.75) is 12.8 Å². The van der Waals surface area contributed by atoms with Crippen LogP contribution < -0.4 is 4.74 Å². The minimum atomic E-state index is -4.49. The van der Waals surface area contributed by atoms with Crippen LogP contribution in [-0.4, -0.2) is 11.1 Å². The molecule has 3 nitrogen and oxygen atoms in total. The van der Waals surface area contributed by atoms with E-state index in [1.807, 2.05) is 0 Å². The first-order valence-corrected chi connectivity index (χ1v) is 6.47. The zero-order chi connectivity index (χ0) is 16.3. The molecule has 2 aromatic carbocycles.